The van der Waals surface area contributed by atoms with E-state index in [1.807, 2.05) is 0 Å². The van der Waals surface area contributed by atoms with E-state index in [1.165, 1.54) is 26.5 Å². The van der Waals surface area contributed by atoms with E-state index in [0.717, 1.165) is 34.1 Å². The van der Waals surface area contributed by atoms with Gasteiger partial charge in [-0.3, -0.25) is 14.5 Å². The molecule has 1 aromatic heterocycles. The van der Waals surface area contributed by atoms with Crippen LogP contribution in [0.2, 0.25) is 0 Å². The molecule has 0 radical (unpaired) electrons. The van der Waals surface area contributed by atoms with Crippen LogP contribution >= 0.6 is 23.1 Å². The highest BCUT2D eigenvalue weighted by Gasteiger charge is 2.55. The summed E-state index contributed by atoms with van der Waals surface area (Å²) in [7, 11) is 2.43. The summed E-state index contributed by atoms with van der Waals surface area (Å²) in [5, 5.41) is 16.7. The number of nitrogen functional groups attached to an aromatic ring is 1. The van der Waals surface area contributed by atoms with Crippen LogP contribution in [0.15, 0.2) is 32.8 Å². The number of esters is 1. The molecule has 1 fully saturated rings. The average Bonchev–Trinajstić information content (AvgIpc) is 3.16. The molecule has 3 heterocycles. The summed E-state index contributed by atoms with van der Waals surface area (Å²) in [5.74, 6) is -3.39. The number of thiazole rings is 1. The molecule has 3 rings (SSSR count). The smallest absolute Gasteiger partial charge is 0.352 e. The number of carboxylic acids is 1. The number of aromatic nitrogens is 1. The first kappa shape index (κ1) is 22.3. The van der Waals surface area contributed by atoms with Crippen molar-refractivity contribution in [2.45, 2.75) is 18.3 Å². The molecule has 14 heteroatoms. The summed E-state index contributed by atoms with van der Waals surface area (Å²) in [5.41, 5.74) is 5.52. The highest BCUT2D eigenvalue weighted by molar-refractivity contribution is 8.04. The summed E-state index contributed by atoms with van der Waals surface area (Å²) in [4.78, 5) is 58.9. The van der Waals surface area contributed by atoms with Gasteiger partial charge in [0.05, 0.1) is 7.11 Å². The summed E-state index contributed by atoms with van der Waals surface area (Å²) < 4.78 is 4.60. The van der Waals surface area contributed by atoms with E-state index >= 15 is 0 Å². The number of nitrogens with two attached hydrogens (primary N) is 1. The van der Waals surface area contributed by atoms with E-state index in [-0.39, 0.29) is 27.8 Å². The van der Waals surface area contributed by atoms with Crippen LogP contribution in [0.3, 0.4) is 0 Å². The van der Waals surface area contributed by atoms with Crippen LogP contribution in [-0.4, -0.2) is 70.1 Å². The van der Waals surface area contributed by atoms with Crippen molar-refractivity contribution in [2.75, 3.05) is 20.0 Å². The van der Waals surface area contributed by atoms with Gasteiger partial charge in [0.25, 0.3) is 11.8 Å². The molecule has 0 spiro atoms. The molecule has 2 unspecified atom stereocenters. The van der Waals surface area contributed by atoms with Crippen LogP contribution in [0.1, 0.15) is 12.6 Å². The predicted octanol–water partition coefficient (Wildman–Crippen LogP) is -0.109. The normalized spacial score (nSPS) is 22.0. The average molecular weight is 467 g/mol. The lowest BCUT2D eigenvalue weighted by atomic mass is 10.0. The first-order chi connectivity index (χ1) is 14.7. The second kappa shape index (κ2) is 8.77. The Morgan fingerprint density at radius 1 is 1.39 bits per heavy atom. The van der Waals surface area contributed by atoms with Crippen molar-refractivity contribution in [2.24, 2.45) is 5.16 Å². The van der Waals surface area contributed by atoms with Crippen molar-refractivity contribution in [1.29, 1.82) is 0 Å². The van der Waals surface area contributed by atoms with Crippen LogP contribution in [-0.2, 0) is 28.8 Å². The van der Waals surface area contributed by atoms with Crippen molar-refractivity contribution >= 4 is 57.7 Å². The number of carbonyl (C=O) groups excluding carboxylic acids is 3. The van der Waals surface area contributed by atoms with Crippen LogP contribution in [0, 0.1) is 0 Å². The molecular formula is C17H17N5O7S2. The Morgan fingerprint density at radius 3 is 2.65 bits per heavy atom. The molecule has 2 aliphatic heterocycles. The van der Waals surface area contributed by atoms with E-state index in [9.17, 15) is 24.3 Å². The number of nitrogens with zero attached hydrogens (tertiary/aromatic N) is 3. The number of ether oxygens (including phenoxy) is 1. The number of hydrogen-bond donors (Lipinski definition) is 3. The number of rotatable bonds is 6. The first-order valence-corrected chi connectivity index (χ1v) is 10.3. The molecule has 1 saturated heterocycles. The number of aliphatic carboxylic acids is 1. The number of hydrogen-bond acceptors (Lipinski definition) is 11. The third kappa shape index (κ3) is 4.11. The zero-order valence-electron chi connectivity index (χ0n) is 16.4. The fourth-order valence-corrected chi connectivity index (χ4v) is 4.83. The molecule has 31 heavy (non-hydrogen) atoms. The maximum absolute atomic E-state index is 12.8. The summed E-state index contributed by atoms with van der Waals surface area (Å²) in [6.45, 7) is 1.48. The lowest BCUT2D eigenvalue weighted by Crippen LogP contribution is -2.70. The van der Waals surface area contributed by atoms with Gasteiger partial charge in [-0.25, -0.2) is 14.6 Å². The number of amides is 2. The highest BCUT2D eigenvalue weighted by Crippen LogP contribution is 2.46. The number of nitrogens with one attached hydrogen (secondary N) is 1. The van der Waals surface area contributed by atoms with Gasteiger partial charge >= 0.3 is 11.9 Å². The lowest BCUT2D eigenvalue weighted by molar-refractivity contribution is -0.150. The third-order valence-electron chi connectivity index (χ3n) is 4.36. The van der Waals surface area contributed by atoms with E-state index in [1.54, 1.807) is 0 Å². The monoisotopic (exact) mass is 467 g/mol. The van der Waals surface area contributed by atoms with Gasteiger partial charge in [-0.1, -0.05) is 16.9 Å². The Balaban J connectivity index is 1.89. The molecule has 2 aliphatic rings. The van der Waals surface area contributed by atoms with Gasteiger partial charge in [0.15, 0.2) is 10.8 Å². The van der Waals surface area contributed by atoms with Crippen molar-refractivity contribution < 1.29 is 33.9 Å². The Hall–Kier alpha value is -3.39. The summed E-state index contributed by atoms with van der Waals surface area (Å²) in [6.07, 6.45) is 1.14. The summed E-state index contributed by atoms with van der Waals surface area (Å²) in [6, 6.07) is -1.07. The molecular weight excluding hydrogens is 450 g/mol. The lowest BCUT2D eigenvalue weighted by Gasteiger charge is -2.49. The van der Waals surface area contributed by atoms with Crippen LogP contribution < -0.4 is 11.1 Å². The molecule has 0 bridgehead atoms. The van der Waals surface area contributed by atoms with Gasteiger partial charge < -0.3 is 25.7 Å². The number of β-lactam (4-membered cyclic amide) rings is 1. The maximum Gasteiger partial charge on any atom is 0.352 e. The van der Waals surface area contributed by atoms with Gasteiger partial charge in [0.1, 0.15) is 29.9 Å². The topological polar surface area (TPSA) is 174 Å². The van der Waals surface area contributed by atoms with Gasteiger partial charge in [-0.15, -0.1) is 11.3 Å². The van der Waals surface area contributed by atoms with Crippen LogP contribution in [0.25, 0.3) is 0 Å². The third-order valence-corrected chi connectivity index (χ3v) is 6.43. The predicted molar refractivity (Wildman–Crippen MR) is 111 cm³/mol. The number of fused-ring (bicyclic) bond motifs is 1. The number of oxime groups is 1. The Kier molecular flexibility index (Phi) is 6.31. The minimum Gasteiger partial charge on any atom is -0.477 e. The van der Waals surface area contributed by atoms with Crippen LogP contribution in [0.4, 0.5) is 5.13 Å². The molecule has 12 nitrogen and oxygen atoms in total. The highest BCUT2D eigenvalue weighted by atomic mass is 32.2. The quantitative estimate of drug-likeness (QED) is 0.168. The minimum atomic E-state index is -1.34. The minimum absolute atomic E-state index is 0.162. The van der Waals surface area contributed by atoms with Crippen molar-refractivity contribution in [3.05, 3.63) is 33.3 Å². The van der Waals surface area contributed by atoms with Crippen molar-refractivity contribution in [3.63, 3.8) is 0 Å². The van der Waals surface area contributed by atoms with Crippen molar-refractivity contribution in [1.82, 2.24) is 15.2 Å². The molecule has 1 aromatic rings. The largest absolute Gasteiger partial charge is 0.477 e. The number of carbonyl (C=O) groups is 4. The standard InChI is InChI=1S/C17H17N5O7S2/c1-6-8(4-9(23)28-2)31-15-11(14(25)22(15)12(6)16(26)27)20-13(24)10(21-29-3)7-5-30-17(18)19-7/h4-5,11,15H,1-3H3,(H2,18,19)(H,20,24)(H,26,27)/b8-4-,21-10+. The molecule has 0 aromatic carbocycles. The molecule has 0 saturated carbocycles. The fourth-order valence-electron chi connectivity index (χ4n) is 2.94. The van der Waals surface area contributed by atoms with Crippen LogP contribution in [0.5, 0.6) is 0 Å². The van der Waals surface area contributed by atoms with Gasteiger partial charge in [-0.2, -0.15) is 0 Å². The van der Waals surface area contributed by atoms with Gasteiger partial charge in [-0.05, 0) is 12.5 Å². The molecule has 2 atom stereocenters. The Morgan fingerprint density at radius 2 is 2.10 bits per heavy atom. The number of methoxy groups -OCH3 is 1. The fraction of sp³-hybridized carbons (Fsp3) is 0.294. The number of anilines is 1. The number of thioether (sulfide) groups is 1. The SMILES string of the molecule is CO/N=C(/C(=O)NC1C(=O)N2C(C(=O)O)=C(C)/C(=C/C(=O)OC)SC12)c1csc(N)n1. The van der Waals surface area contributed by atoms with E-state index in [2.05, 4.69) is 20.2 Å². The van der Waals surface area contributed by atoms with E-state index in [0.29, 0.717) is 4.91 Å². The zero-order chi connectivity index (χ0) is 22.9. The molecule has 4 N–H and O–H groups in total. The van der Waals surface area contributed by atoms with E-state index < -0.39 is 35.2 Å². The second-order valence-corrected chi connectivity index (χ2v) is 8.22. The second-order valence-electron chi connectivity index (χ2n) is 6.17. The Labute approximate surface area is 183 Å². The molecule has 0 aliphatic carbocycles. The van der Waals surface area contributed by atoms with Gasteiger partial charge in [0, 0.05) is 16.4 Å². The first-order valence-electron chi connectivity index (χ1n) is 8.56. The Bertz CT molecular complexity index is 1060. The number of allylic oxidation sites excluding steroid dienone is 1. The number of carboxylic acid groups (broad SMARTS) is 1. The van der Waals surface area contributed by atoms with E-state index in [4.69, 9.17) is 10.6 Å². The zero-order valence-corrected chi connectivity index (χ0v) is 18.1. The van der Waals surface area contributed by atoms with Gasteiger partial charge in [0.2, 0.25) is 0 Å². The maximum atomic E-state index is 12.8. The molecule has 164 valence electrons. The molecule has 2 amide bonds. The van der Waals surface area contributed by atoms with Crippen molar-refractivity contribution in [3.8, 4) is 0 Å². The summed E-state index contributed by atoms with van der Waals surface area (Å²) >= 11 is 2.15.